The minimum absolute atomic E-state index is 0.101. The molecule has 5 nitrogen and oxygen atoms in total. The van der Waals surface area contributed by atoms with Crippen molar-refractivity contribution in [3.05, 3.63) is 105 Å². The Bertz CT molecular complexity index is 1630. The van der Waals surface area contributed by atoms with Gasteiger partial charge in [0.25, 0.3) is 10.0 Å². The number of rotatable bonds is 5. The largest absolute Gasteiger partial charge is 0.308 e. The molecule has 0 aliphatic heterocycles. The highest BCUT2D eigenvalue weighted by Crippen LogP contribution is 2.28. The number of hydrogen-bond donors (Lipinski definition) is 1. The molecule has 1 N–H and O–H groups in total. The summed E-state index contributed by atoms with van der Waals surface area (Å²) in [7, 11) is -3.84. The number of anilines is 1. The van der Waals surface area contributed by atoms with Gasteiger partial charge in [-0.05, 0) is 41.3 Å². The van der Waals surface area contributed by atoms with Gasteiger partial charge in [0.05, 0.1) is 27.3 Å². The molecular formula is C24H17ClN2O3S2. The minimum Gasteiger partial charge on any atom is -0.294 e. The molecule has 0 atom stereocenters. The van der Waals surface area contributed by atoms with Gasteiger partial charge in [0, 0.05) is 10.4 Å². The van der Waals surface area contributed by atoms with Gasteiger partial charge >= 0.3 is 4.87 Å². The molecule has 0 bridgehead atoms. The molecule has 4 aromatic carbocycles. The number of benzene rings is 4. The fourth-order valence-corrected chi connectivity index (χ4v) is 5.98. The zero-order chi connectivity index (χ0) is 22.3. The second kappa shape index (κ2) is 8.09. The van der Waals surface area contributed by atoms with Crippen LogP contribution in [0.5, 0.6) is 0 Å². The molecule has 5 aromatic rings. The van der Waals surface area contributed by atoms with Gasteiger partial charge in [-0.2, -0.15) is 0 Å². The summed E-state index contributed by atoms with van der Waals surface area (Å²) >= 11 is 7.26. The maximum atomic E-state index is 13.1. The van der Waals surface area contributed by atoms with Gasteiger partial charge in [0.1, 0.15) is 0 Å². The van der Waals surface area contributed by atoms with Crippen molar-refractivity contribution in [3.63, 3.8) is 0 Å². The summed E-state index contributed by atoms with van der Waals surface area (Å²) in [5, 5.41) is 2.34. The average Bonchev–Trinajstić information content (AvgIpc) is 3.09. The maximum absolute atomic E-state index is 13.1. The topological polar surface area (TPSA) is 68.2 Å². The van der Waals surface area contributed by atoms with E-state index in [1.54, 1.807) is 22.8 Å². The van der Waals surface area contributed by atoms with E-state index in [2.05, 4.69) is 4.72 Å². The SMILES string of the molecule is O=c1sc2cc(S(=O)(=O)Nc3cccc4ccccc34)ccc2n1Cc1ccccc1Cl. The highest BCUT2D eigenvalue weighted by Gasteiger charge is 2.18. The molecule has 8 heteroatoms. The van der Waals surface area contributed by atoms with Gasteiger partial charge in [-0.3, -0.25) is 14.1 Å². The Morgan fingerprint density at radius 2 is 1.66 bits per heavy atom. The number of nitrogens with zero attached hydrogens (tertiary/aromatic N) is 1. The summed E-state index contributed by atoms with van der Waals surface area (Å²) in [6, 6.07) is 25.1. The van der Waals surface area contributed by atoms with Crippen molar-refractivity contribution in [3.8, 4) is 0 Å². The monoisotopic (exact) mass is 480 g/mol. The molecule has 0 amide bonds. The first-order valence-electron chi connectivity index (χ1n) is 9.80. The highest BCUT2D eigenvalue weighted by atomic mass is 35.5. The van der Waals surface area contributed by atoms with E-state index in [-0.39, 0.29) is 9.77 Å². The third-order valence-electron chi connectivity index (χ3n) is 5.27. The summed E-state index contributed by atoms with van der Waals surface area (Å²) in [4.78, 5) is 12.6. The van der Waals surface area contributed by atoms with Crippen molar-refractivity contribution in [1.29, 1.82) is 0 Å². The van der Waals surface area contributed by atoms with E-state index in [1.165, 1.54) is 12.1 Å². The van der Waals surface area contributed by atoms with Gasteiger partial charge in [-0.1, -0.05) is 77.5 Å². The first-order chi connectivity index (χ1) is 15.4. The standard InChI is InChI=1S/C24H17ClN2O3S2/c25-20-10-4-2-7-17(20)15-27-22-13-12-18(14-23(22)31-24(27)28)32(29,30)26-21-11-5-8-16-6-1-3-9-19(16)21/h1-14,26H,15H2. The first kappa shape index (κ1) is 20.8. The lowest BCUT2D eigenvalue weighted by Crippen LogP contribution is -2.14. The predicted molar refractivity (Wildman–Crippen MR) is 131 cm³/mol. The minimum atomic E-state index is -3.84. The van der Waals surface area contributed by atoms with Crippen molar-refractivity contribution in [2.75, 3.05) is 4.72 Å². The predicted octanol–water partition coefficient (Wildman–Crippen LogP) is 5.72. The van der Waals surface area contributed by atoms with Crippen LogP contribution in [0.4, 0.5) is 5.69 Å². The van der Waals surface area contributed by atoms with Crippen molar-refractivity contribution >= 4 is 59.6 Å². The number of halogens is 1. The summed E-state index contributed by atoms with van der Waals surface area (Å²) in [6.45, 7) is 0.318. The van der Waals surface area contributed by atoms with Crippen molar-refractivity contribution in [2.45, 2.75) is 11.4 Å². The van der Waals surface area contributed by atoms with Crippen molar-refractivity contribution in [1.82, 2.24) is 4.57 Å². The number of aromatic nitrogens is 1. The molecule has 0 fully saturated rings. The lowest BCUT2D eigenvalue weighted by atomic mass is 10.1. The van der Waals surface area contributed by atoms with Gasteiger partial charge in [-0.25, -0.2) is 8.42 Å². The number of fused-ring (bicyclic) bond motifs is 2. The summed E-state index contributed by atoms with van der Waals surface area (Å²) in [6.07, 6.45) is 0. The van der Waals surface area contributed by atoms with Crippen LogP contribution in [-0.4, -0.2) is 13.0 Å². The van der Waals surface area contributed by atoms with Gasteiger partial charge in [-0.15, -0.1) is 0 Å². The Kier molecular flexibility index (Phi) is 5.25. The Balaban J connectivity index is 1.52. The van der Waals surface area contributed by atoms with Crippen molar-refractivity contribution in [2.24, 2.45) is 0 Å². The van der Waals surface area contributed by atoms with E-state index < -0.39 is 10.0 Å². The Labute approximate surface area is 193 Å². The van der Waals surface area contributed by atoms with Gasteiger partial charge < -0.3 is 0 Å². The molecule has 0 aliphatic rings. The zero-order valence-electron chi connectivity index (χ0n) is 16.7. The van der Waals surface area contributed by atoms with Crippen LogP contribution in [-0.2, 0) is 16.6 Å². The van der Waals surface area contributed by atoms with Crippen LogP contribution >= 0.6 is 22.9 Å². The van der Waals surface area contributed by atoms with Crippen LogP contribution in [0, 0.1) is 0 Å². The molecule has 0 saturated heterocycles. The van der Waals surface area contributed by atoms with Crippen LogP contribution in [0.25, 0.3) is 21.0 Å². The number of thiazole rings is 1. The number of hydrogen-bond acceptors (Lipinski definition) is 4. The fourth-order valence-electron chi connectivity index (χ4n) is 3.68. The third kappa shape index (κ3) is 3.79. The third-order valence-corrected chi connectivity index (χ3v) is 7.94. The van der Waals surface area contributed by atoms with E-state index in [9.17, 15) is 13.2 Å². The molecule has 1 aromatic heterocycles. The lowest BCUT2D eigenvalue weighted by molar-refractivity contribution is 0.601. The average molecular weight is 481 g/mol. The van der Waals surface area contributed by atoms with Crippen LogP contribution in [0.2, 0.25) is 5.02 Å². The Morgan fingerprint density at radius 3 is 2.50 bits per heavy atom. The number of sulfonamides is 1. The molecule has 0 saturated carbocycles. The number of nitrogens with one attached hydrogen (secondary N) is 1. The van der Waals surface area contributed by atoms with E-state index in [0.29, 0.717) is 27.5 Å². The molecule has 0 aliphatic carbocycles. The molecule has 5 rings (SSSR count). The molecule has 32 heavy (non-hydrogen) atoms. The molecule has 0 spiro atoms. The van der Waals surface area contributed by atoms with Crippen LogP contribution in [0.15, 0.2) is 94.6 Å². The van der Waals surface area contributed by atoms with Crippen molar-refractivity contribution < 1.29 is 8.42 Å². The van der Waals surface area contributed by atoms with E-state index in [4.69, 9.17) is 11.6 Å². The fraction of sp³-hybridized carbons (Fsp3) is 0.0417. The Hall–Kier alpha value is -3.13. The molecule has 1 heterocycles. The summed E-state index contributed by atoms with van der Waals surface area (Å²) in [5.41, 5.74) is 2.00. The summed E-state index contributed by atoms with van der Waals surface area (Å²) < 4.78 is 31.1. The molecule has 0 radical (unpaired) electrons. The van der Waals surface area contributed by atoms with E-state index >= 15 is 0 Å². The molecule has 160 valence electrons. The second-order valence-electron chi connectivity index (χ2n) is 7.31. The maximum Gasteiger partial charge on any atom is 0.308 e. The van der Waals surface area contributed by atoms with Crippen LogP contribution < -0.4 is 9.60 Å². The van der Waals surface area contributed by atoms with Crippen LogP contribution in [0.3, 0.4) is 0 Å². The van der Waals surface area contributed by atoms with E-state index in [0.717, 1.165) is 27.7 Å². The normalized spacial score (nSPS) is 11.8. The van der Waals surface area contributed by atoms with Crippen LogP contribution in [0.1, 0.15) is 5.56 Å². The first-order valence-corrected chi connectivity index (χ1v) is 12.5. The van der Waals surface area contributed by atoms with Gasteiger partial charge in [0.2, 0.25) is 0 Å². The van der Waals surface area contributed by atoms with Gasteiger partial charge in [0.15, 0.2) is 0 Å². The lowest BCUT2D eigenvalue weighted by Gasteiger charge is -2.11. The molecular weight excluding hydrogens is 464 g/mol. The highest BCUT2D eigenvalue weighted by molar-refractivity contribution is 7.92. The smallest absolute Gasteiger partial charge is 0.294 e. The van der Waals surface area contributed by atoms with E-state index in [1.807, 2.05) is 54.6 Å². The second-order valence-corrected chi connectivity index (χ2v) is 10.4. The Morgan fingerprint density at radius 1 is 0.906 bits per heavy atom. The quantitative estimate of drug-likeness (QED) is 0.350. The molecule has 0 unspecified atom stereocenters. The summed E-state index contributed by atoms with van der Waals surface area (Å²) in [5.74, 6) is 0. The zero-order valence-corrected chi connectivity index (χ0v) is 19.0.